The van der Waals surface area contributed by atoms with Gasteiger partial charge in [0.1, 0.15) is 12.1 Å². The van der Waals surface area contributed by atoms with E-state index in [1.165, 1.54) is 6.33 Å². The van der Waals surface area contributed by atoms with Crippen molar-refractivity contribution < 1.29 is 27.5 Å². The van der Waals surface area contributed by atoms with E-state index >= 15 is 0 Å². The molecule has 14 nitrogen and oxygen atoms in total. The number of benzene rings is 1. The topological polar surface area (TPSA) is 147 Å². The van der Waals surface area contributed by atoms with Gasteiger partial charge >= 0.3 is 6.18 Å². The molecule has 288 valence electrons. The number of fused-ring (bicyclic) bond motifs is 1. The van der Waals surface area contributed by atoms with Crippen LogP contribution in [0.1, 0.15) is 36.3 Å². The molecule has 2 atom stereocenters. The van der Waals surface area contributed by atoms with Crippen molar-refractivity contribution in [2.24, 2.45) is 21.9 Å². The highest BCUT2D eigenvalue weighted by molar-refractivity contribution is 6.33. The van der Waals surface area contributed by atoms with Gasteiger partial charge in [0.25, 0.3) is 5.91 Å². The smallest absolute Gasteiger partial charge is 0.381 e. The monoisotopic (exact) mass is 769 g/mol. The fourth-order valence-electron chi connectivity index (χ4n) is 7.10. The first-order chi connectivity index (χ1) is 26.0. The van der Waals surface area contributed by atoms with Crippen molar-refractivity contribution in [3.8, 4) is 0 Å². The van der Waals surface area contributed by atoms with Crippen LogP contribution in [-0.4, -0.2) is 125 Å². The quantitative estimate of drug-likeness (QED) is 0.238. The number of piperazine rings is 1. The second kappa shape index (κ2) is 16.6. The number of nitrogens with zero attached hydrogens (tertiary/aromatic N) is 8. The second-order valence-corrected chi connectivity index (χ2v) is 13.5. The lowest BCUT2D eigenvalue weighted by molar-refractivity contribution is -0.137. The number of hydrogen-bond donors (Lipinski definition) is 3. The largest absolute Gasteiger partial charge is 0.416 e. The molecule has 3 N–H and O–H groups in total. The molecule has 2 fully saturated rings. The number of aromatic nitrogens is 3. The Kier molecular flexibility index (Phi) is 11.9. The molecule has 18 heteroatoms. The average molecular weight is 770 g/mol. The van der Waals surface area contributed by atoms with Crippen LogP contribution in [0.25, 0.3) is 11.0 Å². The molecule has 2 aromatic heterocycles. The van der Waals surface area contributed by atoms with Gasteiger partial charge in [-0.2, -0.15) is 23.3 Å². The van der Waals surface area contributed by atoms with Crippen LogP contribution in [0.3, 0.4) is 0 Å². The molecule has 0 saturated carbocycles. The predicted octanol–water partition coefficient (Wildman–Crippen LogP) is 4.62. The van der Waals surface area contributed by atoms with Crippen LogP contribution in [0.2, 0.25) is 5.02 Å². The number of carbonyl (C=O) groups is 2. The van der Waals surface area contributed by atoms with Crippen LogP contribution in [0.15, 0.2) is 70.1 Å². The minimum absolute atomic E-state index is 0.0408. The van der Waals surface area contributed by atoms with Crippen LogP contribution in [0.4, 0.5) is 18.9 Å². The standard InChI is InChI=1S/C36H43ClF3N11O3/c1-5-28-33(48-11-13-49(14-12-48)34(53)32-31-27(9-10-43-32)45-21-46-31)29(6-2)51(42-4)35(44-17-23-20-54-19-22(23)16-41-3)50(28)18-30(52)47-26-8-7-24(15-25(26)37)36(38,39)40/h6-10,15,21-23,41H,4-5,11-14,16-20H2,1-3H3,(H,45,46)(H,47,52)/b29-6+,44-35?. The van der Waals surface area contributed by atoms with E-state index in [0.717, 1.165) is 41.7 Å². The van der Waals surface area contributed by atoms with Crippen molar-refractivity contribution in [3.05, 3.63) is 76.2 Å². The maximum absolute atomic E-state index is 13.8. The molecule has 6 rings (SSSR count). The van der Waals surface area contributed by atoms with Gasteiger partial charge in [0.15, 0.2) is 5.69 Å². The summed E-state index contributed by atoms with van der Waals surface area (Å²) in [6.45, 7) is 11.4. The minimum Gasteiger partial charge on any atom is -0.381 e. The number of ether oxygens (including phenoxy) is 1. The third-order valence-electron chi connectivity index (χ3n) is 9.81. The van der Waals surface area contributed by atoms with E-state index in [2.05, 4.69) is 42.3 Å². The highest BCUT2D eigenvalue weighted by atomic mass is 35.5. The van der Waals surface area contributed by atoms with E-state index in [1.54, 1.807) is 27.1 Å². The SMILES string of the molecule is C=NN1C(=NCC2COCC2CNC)N(CC(=O)Nc2ccc(C(F)(F)F)cc2Cl)C(CC)=C(N2CCN(C(=O)c3nccc4[nH]cnc34)CC2)/C1=C\C. The molecule has 0 radical (unpaired) electrons. The molecule has 1 aromatic carbocycles. The molecule has 0 spiro atoms. The van der Waals surface area contributed by atoms with Gasteiger partial charge in [-0.05, 0) is 44.7 Å². The first kappa shape index (κ1) is 38.7. The summed E-state index contributed by atoms with van der Waals surface area (Å²) < 4.78 is 45.7. The molecule has 54 heavy (non-hydrogen) atoms. The highest BCUT2D eigenvalue weighted by Gasteiger charge is 2.39. The van der Waals surface area contributed by atoms with Gasteiger partial charge in [0.05, 0.1) is 52.7 Å². The second-order valence-electron chi connectivity index (χ2n) is 13.1. The Hall–Kier alpha value is -5.00. The molecular formula is C36H43ClF3N11O3. The van der Waals surface area contributed by atoms with Crippen molar-refractivity contribution in [3.63, 3.8) is 0 Å². The maximum atomic E-state index is 13.8. The van der Waals surface area contributed by atoms with Crippen LogP contribution < -0.4 is 10.6 Å². The van der Waals surface area contributed by atoms with Crippen molar-refractivity contribution in [1.29, 1.82) is 0 Å². The molecule has 2 saturated heterocycles. The van der Waals surface area contributed by atoms with E-state index in [9.17, 15) is 22.8 Å². The molecule has 3 aliphatic rings. The number of alkyl halides is 3. The number of halogens is 4. The summed E-state index contributed by atoms with van der Waals surface area (Å²) in [5.41, 5.74) is 2.90. The van der Waals surface area contributed by atoms with E-state index < -0.39 is 17.6 Å². The van der Waals surface area contributed by atoms with Gasteiger partial charge in [0.2, 0.25) is 11.9 Å². The van der Waals surface area contributed by atoms with Gasteiger partial charge in [-0.25, -0.2) is 9.97 Å². The van der Waals surface area contributed by atoms with E-state index in [4.69, 9.17) is 21.3 Å². The normalized spacial score (nSPS) is 21.2. The minimum atomic E-state index is -4.59. The summed E-state index contributed by atoms with van der Waals surface area (Å²) in [7, 11) is 1.89. The fraction of sp³-hybridized carbons (Fsp3) is 0.444. The summed E-state index contributed by atoms with van der Waals surface area (Å²) in [4.78, 5) is 49.8. The van der Waals surface area contributed by atoms with Gasteiger partial charge in [0, 0.05) is 69.7 Å². The summed E-state index contributed by atoms with van der Waals surface area (Å²) in [5.74, 6) is -0.0396. The molecule has 0 aliphatic carbocycles. The van der Waals surface area contributed by atoms with Gasteiger partial charge < -0.3 is 35.1 Å². The maximum Gasteiger partial charge on any atom is 0.416 e. The first-order valence-corrected chi connectivity index (χ1v) is 18.1. The Balaban J connectivity index is 1.32. The van der Waals surface area contributed by atoms with E-state index in [1.807, 2.05) is 27.0 Å². The number of carbonyl (C=O) groups excluding carboxylic acids is 2. The summed E-state index contributed by atoms with van der Waals surface area (Å²) in [6, 6.07) is 4.55. The number of rotatable bonds is 11. The first-order valence-electron chi connectivity index (χ1n) is 17.7. The van der Waals surface area contributed by atoms with Crippen molar-refractivity contribution >= 4 is 52.8 Å². The van der Waals surface area contributed by atoms with Crippen LogP contribution in [-0.2, 0) is 15.7 Å². The zero-order valence-electron chi connectivity index (χ0n) is 30.3. The fourth-order valence-corrected chi connectivity index (χ4v) is 7.33. The number of anilines is 1. The zero-order valence-corrected chi connectivity index (χ0v) is 31.0. The number of hydrazone groups is 1. The Morgan fingerprint density at radius 2 is 1.91 bits per heavy atom. The summed E-state index contributed by atoms with van der Waals surface area (Å²) >= 11 is 6.21. The number of imidazole rings is 1. The van der Waals surface area contributed by atoms with E-state index in [0.29, 0.717) is 69.5 Å². The highest BCUT2D eigenvalue weighted by Crippen LogP contribution is 2.36. The number of hydrogen-bond acceptors (Lipinski definition) is 9. The number of amides is 2. The van der Waals surface area contributed by atoms with Crippen molar-refractivity contribution in [2.45, 2.75) is 26.4 Å². The molecular weight excluding hydrogens is 727 g/mol. The van der Waals surface area contributed by atoms with Gasteiger partial charge in [-0.1, -0.05) is 24.6 Å². The van der Waals surface area contributed by atoms with Crippen molar-refractivity contribution in [1.82, 2.24) is 40.0 Å². The Morgan fingerprint density at radius 3 is 2.57 bits per heavy atom. The molecule has 2 amide bonds. The third kappa shape index (κ3) is 7.93. The molecule has 0 bridgehead atoms. The number of aliphatic imine (C=N–C) groups is 1. The lowest BCUT2D eigenvalue weighted by Gasteiger charge is -2.46. The zero-order chi connectivity index (χ0) is 38.6. The van der Waals surface area contributed by atoms with E-state index in [-0.39, 0.29) is 40.7 Å². The number of nitrogens with one attached hydrogen (secondary N) is 3. The Labute approximate surface area is 315 Å². The van der Waals surface area contributed by atoms with Crippen LogP contribution in [0, 0.1) is 11.8 Å². The molecule has 5 heterocycles. The lowest BCUT2D eigenvalue weighted by Crippen LogP contribution is -2.54. The van der Waals surface area contributed by atoms with Gasteiger partial charge in [-0.3, -0.25) is 14.6 Å². The summed E-state index contributed by atoms with van der Waals surface area (Å²) in [5, 5.41) is 11.6. The van der Waals surface area contributed by atoms with Crippen LogP contribution in [0.5, 0.6) is 0 Å². The number of guanidine groups is 1. The van der Waals surface area contributed by atoms with Gasteiger partial charge in [-0.15, -0.1) is 0 Å². The number of pyridine rings is 1. The lowest BCUT2D eigenvalue weighted by atomic mass is 9.96. The summed E-state index contributed by atoms with van der Waals surface area (Å²) in [6.07, 6.45) is 0.912. The third-order valence-corrected chi connectivity index (χ3v) is 10.1. The number of aromatic amines is 1. The average Bonchev–Trinajstić information content (AvgIpc) is 3.83. The molecule has 3 aromatic rings. The van der Waals surface area contributed by atoms with Crippen LogP contribution >= 0.6 is 11.6 Å². The molecule has 2 unspecified atom stereocenters. The number of H-pyrrole nitrogens is 1. The molecule has 3 aliphatic heterocycles. The predicted molar refractivity (Wildman–Crippen MR) is 200 cm³/mol. The van der Waals surface area contributed by atoms with Crippen molar-refractivity contribution in [2.75, 3.05) is 71.4 Å². The Morgan fingerprint density at radius 1 is 1.15 bits per heavy atom. The Bertz CT molecular complexity index is 1970. The number of allylic oxidation sites excluding steroid dienone is 2.